The van der Waals surface area contributed by atoms with Crippen LogP contribution in [-0.2, 0) is 16.6 Å². The van der Waals surface area contributed by atoms with Crippen molar-refractivity contribution in [3.05, 3.63) is 5.82 Å². The number of sulfonamides is 1. The molecule has 0 spiro atoms. The molecule has 7 heteroatoms. The minimum atomic E-state index is -3.76. The molecule has 2 rings (SSSR count). The van der Waals surface area contributed by atoms with Crippen LogP contribution in [0.25, 0.3) is 0 Å². The maximum absolute atomic E-state index is 11.2. The zero-order valence-corrected chi connectivity index (χ0v) is 9.53. The third-order valence-electron chi connectivity index (χ3n) is 2.76. The van der Waals surface area contributed by atoms with Crippen molar-refractivity contribution in [3.8, 4) is 0 Å². The Hall–Kier alpha value is -0.950. The lowest BCUT2D eigenvalue weighted by molar-refractivity contribution is 0.563. The SMILES string of the molecule is CCn1c(C2CC2C)nnc1S(N)(=O)=O. The molecular formula is C8H14N4O2S. The summed E-state index contributed by atoms with van der Waals surface area (Å²) >= 11 is 0. The van der Waals surface area contributed by atoms with E-state index < -0.39 is 10.0 Å². The van der Waals surface area contributed by atoms with E-state index in [9.17, 15) is 8.42 Å². The Morgan fingerprint density at radius 2 is 2.13 bits per heavy atom. The number of aromatic nitrogens is 3. The second kappa shape index (κ2) is 3.28. The molecule has 84 valence electrons. The van der Waals surface area contributed by atoms with Crippen molar-refractivity contribution in [1.29, 1.82) is 0 Å². The predicted octanol–water partition coefficient (Wildman–Crippen LogP) is 0.0688. The molecule has 0 amide bonds. The van der Waals surface area contributed by atoms with E-state index in [1.807, 2.05) is 6.92 Å². The lowest BCUT2D eigenvalue weighted by atomic mass is 10.3. The molecule has 1 aliphatic carbocycles. The van der Waals surface area contributed by atoms with E-state index in [4.69, 9.17) is 5.14 Å². The second-order valence-corrected chi connectivity index (χ2v) is 5.40. The van der Waals surface area contributed by atoms with Crippen LogP contribution in [0.2, 0.25) is 0 Å². The maximum Gasteiger partial charge on any atom is 0.273 e. The first-order valence-corrected chi connectivity index (χ1v) is 6.45. The van der Waals surface area contributed by atoms with Crippen LogP contribution in [0, 0.1) is 5.92 Å². The molecule has 1 aromatic heterocycles. The fraction of sp³-hybridized carbons (Fsp3) is 0.750. The standard InChI is InChI=1S/C8H14N4O2S/c1-3-12-7(6-4-5(6)2)10-11-8(12)15(9,13)14/h5-6H,3-4H2,1-2H3,(H2,9,13,14). The molecule has 1 fully saturated rings. The van der Waals surface area contributed by atoms with Crippen molar-refractivity contribution >= 4 is 10.0 Å². The van der Waals surface area contributed by atoms with Crippen molar-refractivity contribution < 1.29 is 8.42 Å². The van der Waals surface area contributed by atoms with E-state index in [2.05, 4.69) is 17.1 Å². The van der Waals surface area contributed by atoms with E-state index in [0.29, 0.717) is 18.4 Å². The Morgan fingerprint density at radius 1 is 1.53 bits per heavy atom. The molecule has 1 aliphatic rings. The summed E-state index contributed by atoms with van der Waals surface area (Å²) in [7, 11) is -3.76. The van der Waals surface area contributed by atoms with Gasteiger partial charge in [-0.3, -0.25) is 0 Å². The number of primary sulfonamides is 1. The highest BCUT2D eigenvalue weighted by Crippen LogP contribution is 2.46. The summed E-state index contributed by atoms with van der Waals surface area (Å²) < 4.78 is 24.0. The highest BCUT2D eigenvalue weighted by molar-refractivity contribution is 7.89. The molecule has 0 saturated heterocycles. The van der Waals surface area contributed by atoms with Gasteiger partial charge in [0, 0.05) is 12.5 Å². The summed E-state index contributed by atoms with van der Waals surface area (Å²) in [6, 6.07) is 0. The van der Waals surface area contributed by atoms with Gasteiger partial charge in [0.15, 0.2) is 0 Å². The van der Waals surface area contributed by atoms with E-state index in [0.717, 1.165) is 12.2 Å². The molecule has 1 aromatic rings. The number of hydrogen-bond acceptors (Lipinski definition) is 4. The summed E-state index contributed by atoms with van der Waals surface area (Å²) in [4.78, 5) is 0. The second-order valence-electron chi connectivity index (χ2n) is 3.95. The molecular weight excluding hydrogens is 216 g/mol. The first-order chi connectivity index (χ1) is 6.95. The van der Waals surface area contributed by atoms with Crippen molar-refractivity contribution in [2.75, 3.05) is 0 Å². The van der Waals surface area contributed by atoms with Crippen molar-refractivity contribution in [1.82, 2.24) is 14.8 Å². The molecule has 2 atom stereocenters. The first kappa shape index (κ1) is 10.6. The third-order valence-corrected chi connectivity index (χ3v) is 3.57. The van der Waals surface area contributed by atoms with Gasteiger partial charge in [-0.05, 0) is 19.3 Å². The quantitative estimate of drug-likeness (QED) is 0.795. The summed E-state index contributed by atoms with van der Waals surface area (Å²) in [5, 5.41) is 12.5. The lowest BCUT2D eigenvalue weighted by Gasteiger charge is -2.04. The fourth-order valence-electron chi connectivity index (χ4n) is 1.76. The molecule has 2 N–H and O–H groups in total. The van der Waals surface area contributed by atoms with Crippen molar-refractivity contribution in [2.45, 2.75) is 37.9 Å². The number of nitrogens with two attached hydrogens (primary N) is 1. The molecule has 1 saturated carbocycles. The minimum Gasteiger partial charge on any atom is -0.301 e. The molecule has 6 nitrogen and oxygen atoms in total. The summed E-state index contributed by atoms with van der Waals surface area (Å²) in [5.74, 6) is 1.65. The van der Waals surface area contributed by atoms with E-state index >= 15 is 0 Å². The van der Waals surface area contributed by atoms with Crippen LogP contribution in [0.5, 0.6) is 0 Å². The number of hydrogen-bond donors (Lipinski definition) is 1. The van der Waals surface area contributed by atoms with E-state index in [1.165, 1.54) is 0 Å². The average Bonchev–Trinajstić information content (AvgIpc) is 2.70. The van der Waals surface area contributed by atoms with Gasteiger partial charge >= 0.3 is 0 Å². The largest absolute Gasteiger partial charge is 0.301 e. The van der Waals surface area contributed by atoms with Crippen LogP contribution >= 0.6 is 0 Å². The van der Waals surface area contributed by atoms with Crippen LogP contribution in [0.3, 0.4) is 0 Å². The average molecular weight is 230 g/mol. The zero-order valence-electron chi connectivity index (χ0n) is 8.71. The molecule has 0 aliphatic heterocycles. The maximum atomic E-state index is 11.2. The van der Waals surface area contributed by atoms with Crippen molar-refractivity contribution in [2.24, 2.45) is 11.1 Å². The van der Waals surface area contributed by atoms with Gasteiger partial charge in [-0.15, -0.1) is 10.2 Å². The number of nitrogens with zero attached hydrogens (tertiary/aromatic N) is 3. The number of rotatable bonds is 3. The van der Waals surface area contributed by atoms with Crippen LogP contribution in [0.1, 0.15) is 32.0 Å². The monoisotopic (exact) mass is 230 g/mol. The van der Waals surface area contributed by atoms with Gasteiger partial charge in [-0.1, -0.05) is 6.92 Å². The van der Waals surface area contributed by atoms with E-state index in [-0.39, 0.29) is 5.16 Å². The van der Waals surface area contributed by atoms with Crippen LogP contribution in [0.15, 0.2) is 5.16 Å². The molecule has 1 heterocycles. The molecule has 15 heavy (non-hydrogen) atoms. The summed E-state index contributed by atoms with van der Waals surface area (Å²) in [6.07, 6.45) is 1.04. The summed E-state index contributed by atoms with van der Waals surface area (Å²) in [6.45, 7) is 4.49. The topological polar surface area (TPSA) is 90.9 Å². The smallest absolute Gasteiger partial charge is 0.273 e. The Morgan fingerprint density at radius 3 is 2.53 bits per heavy atom. The Labute approximate surface area is 88.5 Å². The molecule has 2 unspecified atom stereocenters. The zero-order chi connectivity index (χ0) is 11.2. The van der Waals surface area contributed by atoms with Gasteiger partial charge in [0.1, 0.15) is 5.82 Å². The normalized spacial score (nSPS) is 25.5. The van der Waals surface area contributed by atoms with Crippen LogP contribution < -0.4 is 5.14 Å². The molecule has 0 radical (unpaired) electrons. The van der Waals surface area contributed by atoms with Gasteiger partial charge in [0.25, 0.3) is 15.2 Å². The Kier molecular flexibility index (Phi) is 2.31. The van der Waals surface area contributed by atoms with Gasteiger partial charge in [-0.2, -0.15) is 0 Å². The Bertz CT molecular complexity index is 479. The van der Waals surface area contributed by atoms with Crippen LogP contribution in [0.4, 0.5) is 0 Å². The lowest BCUT2D eigenvalue weighted by Crippen LogP contribution is -2.19. The Balaban J connectivity index is 2.47. The highest BCUT2D eigenvalue weighted by atomic mass is 32.2. The predicted molar refractivity (Wildman–Crippen MR) is 53.6 cm³/mol. The minimum absolute atomic E-state index is 0.126. The molecule has 0 aromatic carbocycles. The van der Waals surface area contributed by atoms with Gasteiger partial charge in [0.05, 0.1) is 0 Å². The van der Waals surface area contributed by atoms with Gasteiger partial charge in [-0.25, -0.2) is 13.6 Å². The van der Waals surface area contributed by atoms with Gasteiger partial charge < -0.3 is 4.57 Å². The van der Waals surface area contributed by atoms with Gasteiger partial charge in [0.2, 0.25) is 0 Å². The first-order valence-electron chi connectivity index (χ1n) is 4.91. The summed E-state index contributed by atoms with van der Waals surface area (Å²) in [5.41, 5.74) is 0. The van der Waals surface area contributed by atoms with Crippen LogP contribution in [-0.4, -0.2) is 23.2 Å². The molecule has 0 bridgehead atoms. The third kappa shape index (κ3) is 1.76. The van der Waals surface area contributed by atoms with E-state index in [1.54, 1.807) is 4.57 Å². The highest BCUT2D eigenvalue weighted by Gasteiger charge is 2.39. The fourth-order valence-corrected chi connectivity index (χ4v) is 2.45. The van der Waals surface area contributed by atoms with Crippen molar-refractivity contribution in [3.63, 3.8) is 0 Å².